The molecule has 2 unspecified atom stereocenters. The lowest BCUT2D eigenvalue weighted by Gasteiger charge is -2.12. The number of ether oxygens (including phenoxy) is 1. The van der Waals surface area contributed by atoms with Crippen LogP contribution in [0.1, 0.15) is 42.7 Å². The quantitative estimate of drug-likeness (QED) is 0.574. The summed E-state index contributed by atoms with van der Waals surface area (Å²) in [5.74, 6) is 0.730. The molecule has 0 spiro atoms. The Bertz CT molecular complexity index is 454. The van der Waals surface area contributed by atoms with Gasteiger partial charge >= 0.3 is 5.97 Å². The maximum absolute atomic E-state index is 11.6. The maximum atomic E-state index is 11.6. The fourth-order valence-electron chi connectivity index (χ4n) is 3.25. The Morgan fingerprint density at radius 3 is 2.41 bits per heavy atom. The number of carbonyl (C=O) groups is 1. The molecule has 88 valence electrons. The molecule has 2 aliphatic carbocycles. The third-order valence-corrected chi connectivity index (χ3v) is 3.87. The summed E-state index contributed by atoms with van der Waals surface area (Å²) in [6, 6.07) is 8.55. The SMILES string of the molecule is CCOC(=O)C=C1C2CCC1c1ccccc12. The lowest BCUT2D eigenvalue weighted by Crippen LogP contribution is -2.02. The predicted molar refractivity (Wildman–Crippen MR) is 65.9 cm³/mol. The molecule has 2 heteroatoms. The van der Waals surface area contributed by atoms with Gasteiger partial charge in [0.05, 0.1) is 6.61 Å². The second kappa shape index (κ2) is 4.02. The van der Waals surface area contributed by atoms with Gasteiger partial charge in [0.25, 0.3) is 0 Å². The van der Waals surface area contributed by atoms with Crippen molar-refractivity contribution in [3.05, 3.63) is 47.0 Å². The van der Waals surface area contributed by atoms with Gasteiger partial charge in [-0.05, 0) is 36.5 Å². The van der Waals surface area contributed by atoms with E-state index in [0.29, 0.717) is 18.4 Å². The fraction of sp³-hybridized carbons (Fsp3) is 0.400. The molecule has 3 rings (SSSR count). The van der Waals surface area contributed by atoms with Gasteiger partial charge in [-0.1, -0.05) is 24.3 Å². The highest BCUT2D eigenvalue weighted by Crippen LogP contribution is 2.56. The minimum absolute atomic E-state index is 0.188. The minimum Gasteiger partial charge on any atom is -0.463 e. The van der Waals surface area contributed by atoms with Crippen LogP contribution in [0.4, 0.5) is 0 Å². The Morgan fingerprint density at radius 1 is 1.29 bits per heavy atom. The van der Waals surface area contributed by atoms with E-state index in [1.165, 1.54) is 29.5 Å². The molecule has 1 fully saturated rings. The number of carbonyl (C=O) groups excluding carboxylic acids is 1. The van der Waals surface area contributed by atoms with Crippen LogP contribution in [0.15, 0.2) is 35.9 Å². The van der Waals surface area contributed by atoms with E-state index < -0.39 is 0 Å². The topological polar surface area (TPSA) is 26.3 Å². The molecule has 0 saturated heterocycles. The molecule has 0 radical (unpaired) electrons. The van der Waals surface area contributed by atoms with Crippen LogP contribution in [0.2, 0.25) is 0 Å². The molecule has 2 nitrogen and oxygen atoms in total. The second-order valence-electron chi connectivity index (χ2n) is 4.71. The van der Waals surface area contributed by atoms with Gasteiger partial charge in [0.15, 0.2) is 0 Å². The van der Waals surface area contributed by atoms with Crippen LogP contribution >= 0.6 is 0 Å². The normalized spacial score (nSPS) is 24.6. The predicted octanol–water partition coefficient (Wildman–Crippen LogP) is 3.15. The van der Waals surface area contributed by atoms with E-state index in [-0.39, 0.29) is 5.97 Å². The average molecular weight is 228 g/mol. The van der Waals surface area contributed by atoms with E-state index in [4.69, 9.17) is 4.74 Å². The monoisotopic (exact) mass is 228 g/mol. The summed E-state index contributed by atoms with van der Waals surface area (Å²) in [5.41, 5.74) is 4.10. The number of fused-ring (bicyclic) bond motifs is 5. The molecule has 2 aliphatic rings. The average Bonchev–Trinajstić information content (AvgIpc) is 2.86. The van der Waals surface area contributed by atoms with Gasteiger partial charge in [-0.2, -0.15) is 0 Å². The molecule has 0 heterocycles. The Labute approximate surface area is 101 Å². The number of hydrogen-bond donors (Lipinski definition) is 0. The molecule has 1 aromatic carbocycles. The summed E-state index contributed by atoms with van der Waals surface area (Å²) in [6.45, 7) is 2.29. The third kappa shape index (κ3) is 1.59. The molecule has 0 aromatic heterocycles. The van der Waals surface area contributed by atoms with Crippen LogP contribution in [0.25, 0.3) is 0 Å². The van der Waals surface area contributed by atoms with Crippen LogP contribution < -0.4 is 0 Å². The van der Waals surface area contributed by atoms with Gasteiger partial charge in [-0.15, -0.1) is 0 Å². The van der Waals surface area contributed by atoms with Crippen molar-refractivity contribution in [3.8, 4) is 0 Å². The van der Waals surface area contributed by atoms with Crippen molar-refractivity contribution in [2.24, 2.45) is 0 Å². The van der Waals surface area contributed by atoms with E-state index >= 15 is 0 Å². The molecule has 17 heavy (non-hydrogen) atoms. The molecule has 0 amide bonds. The van der Waals surface area contributed by atoms with Crippen molar-refractivity contribution in [2.75, 3.05) is 6.61 Å². The zero-order valence-electron chi connectivity index (χ0n) is 9.98. The van der Waals surface area contributed by atoms with Crippen molar-refractivity contribution in [3.63, 3.8) is 0 Å². The zero-order chi connectivity index (χ0) is 11.8. The highest BCUT2D eigenvalue weighted by Gasteiger charge is 2.41. The van der Waals surface area contributed by atoms with Gasteiger partial charge in [0, 0.05) is 17.9 Å². The van der Waals surface area contributed by atoms with Gasteiger partial charge in [-0.25, -0.2) is 4.79 Å². The Morgan fingerprint density at radius 2 is 1.88 bits per heavy atom. The van der Waals surface area contributed by atoms with Gasteiger partial charge in [-0.3, -0.25) is 0 Å². The Hall–Kier alpha value is -1.57. The van der Waals surface area contributed by atoms with Crippen LogP contribution in [-0.4, -0.2) is 12.6 Å². The third-order valence-electron chi connectivity index (χ3n) is 3.87. The minimum atomic E-state index is -0.188. The standard InChI is InChI=1S/C15H16O2/c1-2-17-15(16)9-14-12-7-8-13(14)11-6-4-3-5-10(11)12/h3-6,9,12-13H,2,7-8H2,1H3. The van der Waals surface area contributed by atoms with Crippen LogP contribution in [0.3, 0.4) is 0 Å². The Kier molecular flexibility index (Phi) is 2.50. The largest absolute Gasteiger partial charge is 0.463 e. The first kappa shape index (κ1) is 10.6. The number of benzene rings is 1. The number of rotatable bonds is 2. The van der Waals surface area contributed by atoms with E-state index in [9.17, 15) is 4.79 Å². The highest BCUT2D eigenvalue weighted by atomic mass is 16.5. The van der Waals surface area contributed by atoms with Crippen molar-refractivity contribution >= 4 is 5.97 Å². The van der Waals surface area contributed by atoms with Gasteiger partial charge < -0.3 is 4.74 Å². The van der Waals surface area contributed by atoms with E-state index in [1.54, 1.807) is 6.08 Å². The lowest BCUT2D eigenvalue weighted by atomic mass is 9.92. The van der Waals surface area contributed by atoms with Crippen molar-refractivity contribution < 1.29 is 9.53 Å². The van der Waals surface area contributed by atoms with E-state index in [0.717, 1.165) is 0 Å². The molecule has 0 N–H and O–H groups in total. The fourth-order valence-corrected chi connectivity index (χ4v) is 3.25. The van der Waals surface area contributed by atoms with Crippen LogP contribution in [0, 0.1) is 0 Å². The summed E-state index contributed by atoms with van der Waals surface area (Å²) in [4.78, 5) is 11.6. The molecule has 1 aromatic rings. The summed E-state index contributed by atoms with van der Waals surface area (Å²) in [5, 5.41) is 0. The molecule has 2 bridgehead atoms. The number of allylic oxidation sites excluding steroid dienone is 1. The van der Waals surface area contributed by atoms with Gasteiger partial charge in [0.1, 0.15) is 0 Å². The van der Waals surface area contributed by atoms with Crippen molar-refractivity contribution in [1.82, 2.24) is 0 Å². The first-order valence-corrected chi connectivity index (χ1v) is 6.28. The molecule has 0 aliphatic heterocycles. The lowest BCUT2D eigenvalue weighted by molar-refractivity contribution is -0.137. The molecule has 2 atom stereocenters. The summed E-state index contributed by atoms with van der Waals surface area (Å²) in [6.07, 6.45) is 4.08. The second-order valence-corrected chi connectivity index (χ2v) is 4.71. The van der Waals surface area contributed by atoms with Crippen LogP contribution in [0.5, 0.6) is 0 Å². The maximum Gasteiger partial charge on any atom is 0.330 e. The van der Waals surface area contributed by atoms with Crippen LogP contribution in [-0.2, 0) is 9.53 Å². The number of hydrogen-bond acceptors (Lipinski definition) is 2. The molecular formula is C15H16O2. The molecular weight excluding hydrogens is 212 g/mol. The van der Waals surface area contributed by atoms with Crippen molar-refractivity contribution in [2.45, 2.75) is 31.6 Å². The Balaban J connectivity index is 1.95. The van der Waals surface area contributed by atoms with Gasteiger partial charge in [0.2, 0.25) is 0 Å². The summed E-state index contributed by atoms with van der Waals surface area (Å²) in [7, 11) is 0. The molecule has 1 saturated carbocycles. The van der Waals surface area contributed by atoms with E-state index in [1.807, 2.05) is 6.92 Å². The first-order chi connectivity index (χ1) is 8.31. The summed E-state index contributed by atoms with van der Waals surface area (Å²) >= 11 is 0. The zero-order valence-corrected chi connectivity index (χ0v) is 9.98. The number of esters is 1. The smallest absolute Gasteiger partial charge is 0.330 e. The van der Waals surface area contributed by atoms with Crippen molar-refractivity contribution in [1.29, 1.82) is 0 Å². The summed E-state index contributed by atoms with van der Waals surface area (Å²) < 4.78 is 5.01. The first-order valence-electron chi connectivity index (χ1n) is 6.28. The van der Waals surface area contributed by atoms with E-state index in [2.05, 4.69) is 24.3 Å². The highest BCUT2D eigenvalue weighted by molar-refractivity contribution is 5.84.